The molecule has 1 saturated heterocycles. The first kappa shape index (κ1) is 23.4. The Morgan fingerprint density at radius 1 is 1.33 bits per heavy atom. The number of nitrogens with one attached hydrogen (secondary N) is 3. The predicted molar refractivity (Wildman–Crippen MR) is 135 cm³/mol. The van der Waals surface area contributed by atoms with Crippen LogP contribution in [0.15, 0.2) is 35.3 Å². The molecular weight excluding hydrogens is 484 g/mol. The number of rotatable bonds is 5. The Hall–Kier alpha value is -2.81. The molecule has 4 rings (SSSR count). The highest BCUT2D eigenvalue weighted by Gasteiger charge is 2.27. The molecule has 176 valence electrons. The summed E-state index contributed by atoms with van der Waals surface area (Å²) in [6, 6.07) is 2.14. The summed E-state index contributed by atoms with van der Waals surface area (Å²) >= 11 is 3.72. The monoisotopic (exact) mass is 514 g/mol. The van der Waals surface area contributed by atoms with Gasteiger partial charge >= 0.3 is 6.09 Å². The van der Waals surface area contributed by atoms with Gasteiger partial charge in [0.15, 0.2) is 0 Å². The van der Waals surface area contributed by atoms with Gasteiger partial charge < -0.3 is 25.3 Å². The summed E-state index contributed by atoms with van der Waals surface area (Å²) < 4.78 is 6.38. The van der Waals surface area contributed by atoms with Crippen molar-refractivity contribution in [3.05, 3.63) is 46.5 Å². The highest BCUT2D eigenvalue weighted by molar-refractivity contribution is 9.10. The molecule has 33 heavy (non-hydrogen) atoms. The number of anilines is 2. The lowest BCUT2D eigenvalue weighted by molar-refractivity contribution is 0.0500. The zero-order valence-corrected chi connectivity index (χ0v) is 21.1. The third kappa shape index (κ3) is 5.76. The molecule has 1 aliphatic rings. The van der Waals surface area contributed by atoms with E-state index in [0.717, 1.165) is 57.4 Å². The number of piperidine rings is 1. The average Bonchev–Trinajstić information content (AvgIpc) is 3.14. The van der Waals surface area contributed by atoms with Crippen LogP contribution < -0.4 is 15.5 Å². The Balaban J connectivity index is 1.56. The average molecular weight is 515 g/mol. The summed E-state index contributed by atoms with van der Waals surface area (Å²) in [6.07, 6.45) is 9.03. The van der Waals surface area contributed by atoms with Crippen LogP contribution in [0.3, 0.4) is 0 Å². The van der Waals surface area contributed by atoms with E-state index in [-0.39, 0.29) is 12.1 Å². The van der Waals surface area contributed by atoms with Gasteiger partial charge in [0, 0.05) is 50.5 Å². The van der Waals surface area contributed by atoms with Gasteiger partial charge in [-0.1, -0.05) is 6.07 Å². The third-order valence-electron chi connectivity index (χ3n) is 5.50. The van der Waals surface area contributed by atoms with E-state index in [4.69, 9.17) is 4.74 Å². The van der Waals surface area contributed by atoms with Crippen molar-refractivity contribution in [3.63, 3.8) is 0 Å². The van der Waals surface area contributed by atoms with Gasteiger partial charge in [-0.3, -0.25) is 4.98 Å². The van der Waals surface area contributed by atoms with E-state index < -0.39 is 5.60 Å². The lowest BCUT2D eigenvalue weighted by atomic mass is 10.0. The first-order valence-corrected chi connectivity index (χ1v) is 12.0. The molecule has 0 aliphatic carbocycles. The molecule has 3 N–H and O–H groups in total. The number of pyridine rings is 2. The first-order valence-electron chi connectivity index (χ1n) is 11.2. The van der Waals surface area contributed by atoms with Crippen molar-refractivity contribution in [2.24, 2.45) is 0 Å². The number of aromatic nitrogens is 3. The second-order valence-corrected chi connectivity index (χ2v) is 10.4. The summed E-state index contributed by atoms with van der Waals surface area (Å²) in [5, 5.41) is 7.61. The van der Waals surface area contributed by atoms with Gasteiger partial charge in [-0.25, -0.2) is 9.78 Å². The smallest absolute Gasteiger partial charge is 0.407 e. The van der Waals surface area contributed by atoms with E-state index in [2.05, 4.69) is 52.5 Å². The molecule has 8 nitrogen and oxygen atoms in total. The summed E-state index contributed by atoms with van der Waals surface area (Å²) in [6.45, 7) is 9.92. The van der Waals surface area contributed by atoms with Gasteiger partial charge in [0.25, 0.3) is 0 Å². The summed E-state index contributed by atoms with van der Waals surface area (Å²) in [5.74, 6) is 0. The SMILES string of the molecule is Cc1cncc(CNc2c[nH]c3ncc(Br)c(N4CCC[C@@H](NC(=O)OC(C)(C)C)C4)c23)c1. The Kier molecular flexibility index (Phi) is 6.78. The molecule has 1 fully saturated rings. The maximum atomic E-state index is 12.3. The van der Waals surface area contributed by atoms with Gasteiger partial charge in [0.2, 0.25) is 0 Å². The van der Waals surface area contributed by atoms with Crippen molar-refractivity contribution < 1.29 is 9.53 Å². The number of aromatic amines is 1. The van der Waals surface area contributed by atoms with Crippen LogP contribution >= 0.6 is 15.9 Å². The van der Waals surface area contributed by atoms with Crippen molar-refractivity contribution in [1.29, 1.82) is 0 Å². The van der Waals surface area contributed by atoms with Crippen LogP contribution in [0.4, 0.5) is 16.2 Å². The van der Waals surface area contributed by atoms with Gasteiger partial charge in [-0.2, -0.15) is 0 Å². The number of ether oxygens (including phenoxy) is 1. The highest BCUT2D eigenvalue weighted by atomic mass is 79.9. The van der Waals surface area contributed by atoms with Crippen molar-refractivity contribution >= 4 is 44.4 Å². The molecule has 3 aromatic rings. The van der Waals surface area contributed by atoms with Crippen molar-refractivity contribution in [3.8, 4) is 0 Å². The molecule has 0 bridgehead atoms. The largest absolute Gasteiger partial charge is 0.444 e. The fourth-order valence-electron chi connectivity index (χ4n) is 4.19. The maximum Gasteiger partial charge on any atom is 0.407 e. The number of H-pyrrole nitrogens is 1. The molecule has 0 radical (unpaired) electrons. The quantitative estimate of drug-likeness (QED) is 0.436. The number of alkyl carbamates (subject to hydrolysis) is 1. The minimum absolute atomic E-state index is 0.0115. The van der Waals surface area contributed by atoms with Crippen LogP contribution in [0.5, 0.6) is 0 Å². The zero-order chi connectivity index (χ0) is 23.6. The van der Waals surface area contributed by atoms with E-state index in [0.29, 0.717) is 13.1 Å². The number of carbonyl (C=O) groups excluding carboxylic acids is 1. The Morgan fingerprint density at radius 3 is 2.91 bits per heavy atom. The Labute approximate surface area is 202 Å². The number of carbonyl (C=O) groups is 1. The van der Waals surface area contributed by atoms with E-state index >= 15 is 0 Å². The van der Waals surface area contributed by atoms with Gasteiger partial charge in [0.05, 0.1) is 21.2 Å². The normalized spacial score (nSPS) is 16.6. The fraction of sp³-hybridized carbons (Fsp3) is 0.458. The van der Waals surface area contributed by atoms with Crippen LogP contribution in [0, 0.1) is 6.92 Å². The summed E-state index contributed by atoms with van der Waals surface area (Å²) in [5.41, 5.74) is 4.61. The second-order valence-electron chi connectivity index (χ2n) is 9.54. The second kappa shape index (κ2) is 9.59. The van der Waals surface area contributed by atoms with Crippen molar-refractivity contribution in [2.75, 3.05) is 23.3 Å². The minimum atomic E-state index is -0.517. The van der Waals surface area contributed by atoms with Crippen LogP contribution in [-0.4, -0.2) is 45.8 Å². The standard InChI is InChI=1S/C24H31BrN6O2/c1-15-8-16(10-26-9-15)11-27-19-13-29-22-20(19)21(18(25)12-28-22)31-7-5-6-17(14-31)30-23(32)33-24(2,3)4/h8-10,12-13,17,27H,5-7,11,14H2,1-4H3,(H,28,29)(H,30,32)/t17-/m1/s1. The number of aryl methyl sites for hydroxylation is 1. The number of hydrogen-bond acceptors (Lipinski definition) is 6. The topological polar surface area (TPSA) is 95.2 Å². The highest BCUT2D eigenvalue weighted by Crippen LogP contribution is 2.39. The molecule has 1 atom stereocenters. The van der Waals surface area contributed by atoms with Gasteiger partial charge in [0.1, 0.15) is 11.2 Å². The number of hydrogen-bond donors (Lipinski definition) is 3. The third-order valence-corrected chi connectivity index (χ3v) is 6.08. The molecule has 1 aliphatic heterocycles. The van der Waals surface area contributed by atoms with Crippen LogP contribution in [0.25, 0.3) is 11.0 Å². The molecule has 4 heterocycles. The van der Waals surface area contributed by atoms with E-state index in [1.54, 1.807) is 0 Å². The van der Waals surface area contributed by atoms with E-state index in [1.807, 2.05) is 52.5 Å². The van der Waals surface area contributed by atoms with Crippen LogP contribution in [0.2, 0.25) is 0 Å². The first-order chi connectivity index (χ1) is 15.7. The Bertz CT molecular complexity index is 1140. The molecule has 3 aromatic heterocycles. The van der Waals surface area contributed by atoms with Gasteiger partial charge in [-0.05, 0) is 67.6 Å². The van der Waals surface area contributed by atoms with E-state index in [1.165, 1.54) is 0 Å². The fourth-order valence-corrected chi connectivity index (χ4v) is 4.74. The van der Waals surface area contributed by atoms with E-state index in [9.17, 15) is 4.79 Å². The minimum Gasteiger partial charge on any atom is -0.444 e. The Morgan fingerprint density at radius 2 is 2.15 bits per heavy atom. The molecule has 0 aromatic carbocycles. The van der Waals surface area contributed by atoms with Crippen molar-refractivity contribution in [2.45, 2.75) is 58.7 Å². The predicted octanol–water partition coefficient (Wildman–Crippen LogP) is 5.13. The molecular formula is C24H31BrN6O2. The van der Waals surface area contributed by atoms with Crippen LogP contribution in [0.1, 0.15) is 44.7 Å². The molecule has 0 unspecified atom stereocenters. The van der Waals surface area contributed by atoms with Gasteiger partial charge in [-0.15, -0.1) is 0 Å². The lowest BCUT2D eigenvalue weighted by Crippen LogP contribution is -2.49. The number of amides is 1. The maximum absolute atomic E-state index is 12.3. The van der Waals surface area contributed by atoms with Crippen LogP contribution in [-0.2, 0) is 11.3 Å². The number of fused-ring (bicyclic) bond motifs is 1. The molecule has 1 amide bonds. The summed E-state index contributed by atoms with van der Waals surface area (Å²) in [4.78, 5) is 26.8. The lowest BCUT2D eigenvalue weighted by Gasteiger charge is -2.36. The van der Waals surface area contributed by atoms with Crippen molar-refractivity contribution in [1.82, 2.24) is 20.3 Å². The number of nitrogens with zero attached hydrogens (tertiary/aromatic N) is 3. The molecule has 0 saturated carbocycles. The zero-order valence-electron chi connectivity index (χ0n) is 19.5. The molecule has 0 spiro atoms. The number of halogens is 1. The molecule has 9 heteroatoms. The summed E-state index contributed by atoms with van der Waals surface area (Å²) in [7, 11) is 0.